The van der Waals surface area contributed by atoms with E-state index in [1.54, 1.807) is 7.11 Å². The van der Waals surface area contributed by atoms with Crippen LogP contribution >= 0.6 is 0 Å². The zero-order valence-corrected chi connectivity index (χ0v) is 11.6. The van der Waals surface area contributed by atoms with E-state index in [4.69, 9.17) is 9.47 Å². The fraction of sp³-hybridized carbons (Fsp3) is 0.533. The van der Waals surface area contributed by atoms with Gasteiger partial charge >= 0.3 is 0 Å². The van der Waals surface area contributed by atoms with Gasteiger partial charge in [-0.25, -0.2) is 0 Å². The van der Waals surface area contributed by atoms with Crippen LogP contribution in [0.2, 0.25) is 0 Å². The summed E-state index contributed by atoms with van der Waals surface area (Å²) in [5.74, 6) is 0.946. The van der Waals surface area contributed by atoms with Gasteiger partial charge in [0.2, 0.25) is 0 Å². The molecule has 1 aromatic rings. The highest BCUT2D eigenvalue weighted by molar-refractivity contribution is 5.96. The molecule has 0 aliphatic rings. The van der Waals surface area contributed by atoms with Crippen molar-refractivity contribution in [3.8, 4) is 5.75 Å². The Hall–Kier alpha value is -1.35. The average molecular weight is 250 g/mol. The van der Waals surface area contributed by atoms with Gasteiger partial charge in [-0.05, 0) is 51.5 Å². The molecule has 0 spiro atoms. The molecule has 0 saturated heterocycles. The normalized spacial score (nSPS) is 12.5. The van der Waals surface area contributed by atoms with Gasteiger partial charge < -0.3 is 9.47 Å². The third kappa shape index (κ3) is 4.88. The summed E-state index contributed by atoms with van der Waals surface area (Å²) in [5, 5.41) is 0. The number of ketones is 1. The monoisotopic (exact) mass is 250 g/mol. The second kappa shape index (κ2) is 7.17. The molecule has 0 heterocycles. The molecule has 0 aromatic heterocycles. The summed E-state index contributed by atoms with van der Waals surface area (Å²) in [5.41, 5.74) is 0.731. The molecule has 0 fully saturated rings. The van der Waals surface area contributed by atoms with Crippen LogP contribution in [-0.4, -0.2) is 25.1 Å². The molecule has 1 unspecified atom stereocenters. The number of ether oxygens (including phenoxy) is 2. The lowest BCUT2D eigenvalue weighted by Gasteiger charge is -2.10. The number of Topliss-reactive ketones (excluding diaryl/α,β-unsaturated/α-hetero) is 1. The Morgan fingerprint density at radius 2 is 1.78 bits per heavy atom. The van der Waals surface area contributed by atoms with Crippen LogP contribution in [0.4, 0.5) is 0 Å². The molecule has 100 valence electrons. The Morgan fingerprint density at radius 1 is 1.17 bits per heavy atom. The predicted octanol–water partition coefficient (Wildman–Crippen LogP) is 3.47. The molecule has 18 heavy (non-hydrogen) atoms. The van der Waals surface area contributed by atoms with Crippen molar-refractivity contribution < 1.29 is 14.3 Å². The number of carbonyl (C=O) groups is 1. The first-order valence-corrected chi connectivity index (χ1v) is 6.35. The summed E-state index contributed by atoms with van der Waals surface area (Å²) in [6.45, 7) is 5.92. The Labute approximate surface area is 109 Å². The fourth-order valence-corrected chi connectivity index (χ4v) is 1.59. The second-order valence-corrected chi connectivity index (χ2v) is 4.70. The Bertz CT molecular complexity index is 368. The van der Waals surface area contributed by atoms with Crippen LogP contribution in [0.3, 0.4) is 0 Å². The predicted molar refractivity (Wildman–Crippen MR) is 72.2 cm³/mol. The molecule has 0 amide bonds. The van der Waals surface area contributed by atoms with Crippen LogP contribution in [0.25, 0.3) is 0 Å². The summed E-state index contributed by atoms with van der Waals surface area (Å²) in [6, 6.07) is 7.31. The minimum absolute atomic E-state index is 0.123. The standard InChI is InChI=1S/C15H22O3/c1-11(2)18-14-8-6-13(7-9-14)15(16)10-5-12(3)17-4/h6-9,11-12H,5,10H2,1-4H3. The lowest BCUT2D eigenvalue weighted by atomic mass is 10.0. The fourth-order valence-electron chi connectivity index (χ4n) is 1.59. The largest absolute Gasteiger partial charge is 0.491 e. The van der Waals surface area contributed by atoms with Gasteiger partial charge in [0.15, 0.2) is 5.78 Å². The van der Waals surface area contributed by atoms with Crippen LogP contribution in [0.15, 0.2) is 24.3 Å². The molecule has 1 aromatic carbocycles. The first-order chi connectivity index (χ1) is 8.52. The van der Waals surface area contributed by atoms with Gasteiger partial charge in [-0.15, -0.1) is 0 Å². The molecule has 0 N–H and O–H groups in total. The van der Waals surface area contributed by atoms with Gasteiger partial charge in [-0.1, -0.05) is 0 Å². The van der Waals surface area contributed by atoms with Crippen molar-refractivity contribution in [1.29, 1.82) is 0 Å². The van der Waals surface area contributed by atoms with E-state index < -0.39 is 0 Å². The lowest BCUT2D eigenvalue weighted by Crippen LogP contribution is -2.09. The summed E-state index contributed by atoms with van der Waals surface area (Å²) in [6.07, 6.45) is 1.53. The highest BCUT2D eigenvalue weighted by Gasteiger charge is 2.09. The van der Waals surface area contributed by atoms with Crippen molar-refractivity contribution in [2.75, 3.05) is 7.11 Å². The average Bonchev–Trinajstić information content (AvgIpc) is 2.35. The van der Waals surface area contributed by atoms with E-state index in [2.05, 4.69) is 0 Å². The van der Waals surface area contributed by atoms with Gasteiger partial charge in [0.25, 0.3) is 0 Å². The molecule has 0 radical (unpaired) electrons. The lowest BCUT2D eigenvalue weighted by molar-refractivity contribution is 0.0878. The molecular formula is C15H22O3. The number of carbonyl (C=O) groups excluding carboxylic acids is 1. The van der Waals surface area contributed by atoms with Crippen molar-refractivity contribution in [3.05, 3.63) is 29.8 Å². The van der Waals surface area contributed by atoms with Crippen LogP contribution in [-0.2, 0) is 4.74 Å². The highest BCUT2D eigenvalue weighted by Crippen LogP contribution is 2.16. The maximum absolute atomic E-state index is 11.9. The molecule has 0 aliphatic carbocycles. The van der Waals surface area contributed by atoms with Crippen LogP contribution in [0, 0.1) is 0 Å². The minimum atomic E-state index is 0.123. The van der Waals surface area contributed by atoms with Crippen molar-refractivity contribution >= 4 is 5.78 Å². The van der Waals surface area contributed by atoms with Gasteiger partial charge in [0, 0.05) is 19.1 Å². The van der Waals surface area contributed by atoms with E-state index >= 15 is 0 Å². The molecule has 0 saturated carbocycles. The summed E-state index contributed by atoms with van der Waals surface area (Å²) < 4.78 is 10.7. The molecule has 1 rings (SSSR count). The maximum Gasteiger partial charge on any atom is 0.162 e. The quantitative estimate of drug-likeness (QED) is 0.695. The second-order valence-electron chi connectivity index (χ2n) is 4.70. The van der Waals surface area contributed by atoms with Crippen molar-refractivity contribution in [3.63, 3.8) is 0 Å². The molecule has 3 heteroatoms. The maximum atomic E-state index is 11.9. The Balaban J connectivity index is 2.53. The van der Waals surface area contributed by atoms with Gasteiger partial charge in [0.1, 0.15) is 5.75 Å². The third-order valence-electron chi connectivity index (χ3n) is 2.73. The first kappa shape index (κ1) is 14.7. The van der Waals surface area contributed by atoms with Gasteiger partial charge in [-0.2, -0.15) is 0 Å². The van der Waals surface area contributed by atoms with Crippen LogP contribution < -0.4 is 4.74 Å². The smallest absolute Gasteiger partial charge is 0.162 e. The molecule has 0 aliphatic heterocycles. The van der Waals surface area contributed by atoms with E-state index in [0.29, 0.717) is 6.42 Å². The third-order valence-corrected chi connectivity index (χ3v) is 2.73. The number of methoxy groups -OCH3 is 1. The van der Waals surface area contributed by atoms with E-state index in [-0.39, 0.29) is 18.0 Å². The molecule has 0 bridgehead atoms. The van der Waals surface area contributed by atoms with E-state index in [1.165, 1.54) is 0 Å². The van der Waals surface area contributed by atoms with Gasteiger partial charge in [0.05, 0.1) is 12.2 Å². The van der Waals surface area contributed by atoms with E-state index in [0.717, 1.165) is 17.7 Å². The van der Waals surface area contributed by atoms with Crippen molar-refractivity contribution in [2.45, 2.75) is 45.8 Å². The summed E-state index contributed by atoms with van der Waals surface area (Å²) in [4.78, 5) is 11.9. The number of benzene rings is 1. The number of hydrogen-bond acceptors (Lipinski definition) is 3. The zero-order chi connectivity index (χ0) is 13.5. The number of hydrogen-bond donors (Lipinski definition) is 0. The Kier molecular flexibility index (Phi) is 5.86. The summed E-state index contributed by atoms with van der Waals surface area (Å²) in [7, 11) is 1.66. The summed E-state index contributed by atoms with van der Waals surface area (Å²) >= 11 is 0. The van der Waals surface area contributed by atoms with Crippen LogP contribution in [0.5, 0.6) is 5.75 Å². The molecule has 3 nitrogen and oxygen atoms in total. The molecule has 1 atom stereocenters. The Morgan fingerprint density at radius 3 is 2.28 bits per heavy atom. The topological polar surface area (TPSA) is 35.5 Å². The van der Waals surface area contributed by atoms with E-state index in [9.17, 15) is 4.79 Å². The number of rotatable bonds is 7. The van der Waals surface area contributed by atoms with Crippen molar-refractivity contribution in [2.24, 2.45) is 0 Å². The van der Waals surface area contributed by atoms with Crippen molar-refractivity contribution in [1.82, 2.24) is 0 Å². The first-order valence-electron chi connectivity index (χ1n) is 6.35. The van der Waals surface area contributed by atoms with E-state index in [1.807, 2.05) is 45.0 Å². The van der Waals surface area contributed by atoms with Gasteiger partial charge in [-0.3, -0.25) is 4.79 Å². The SMILES string of the molecule is COC(C)CCC(=O)c1ccc(OC(C)C)cc1. The molecular weight excluding hydrogens is 228 g/mol. The zero-order valence-electron chi connectivity index (χ0n) is 11.6. The highest BCUT2D eigenvalue weighted by atomic mass is 16.5. The van der Waals surface area contributed by atoms with Crippen LogP contribution in [0.1, 0.15) is 44.0 Å². The minimum Gasteiger partial charge on any atom is -0.491 e.